The summed E-state index contributed by atoms with van der Waals surface area (Å²) in [5, 5.41) is 3.77. The smallest absolute Gasteiger partial charge is 0.394 e. The maximum absolute atomic E-state index is 12.9. The number of halogens is 4. The zero-order valence-corrected chi connectivity index (χ0v) is 16.6. The molecule has 3 rings (SSSR count). The molecule has 7 heteroatoms. The molecule has 3 nitrogen and oxygen atoms in total. The first kappa shape index (κ1) is 22.3. The summed E-state index contributed by atoms with van der Waals surface area (Å²) < 4.78 is 30.5. The first-order chi connectivity index (χ1) is 10.7. The van der Waals surface area contributed by atoms with Crippen LogP contribution < -0.4 is 15.0 Å². The van der Waals surface area contributed by atoms with Crippen LogP contribution >= 0.6 is 24.8 Å². The van der Waals surface area contributed by atoms with E-state index < -0.39 is 6.11 Å². The van der Waals surface area contributed by atoms with Crippen LogP contribution in [0.15, 0.2) is 24.3 Å². The van der Waals surface area contributed by atoms with Gasteiger partial charge >= 0.3 is 6.11 Å². The number of fused-ring (bicyclic) bond motifs is 1. The number of piperazine rings is 1. The lowest BCUT2D eigenvalue weighted by molar-refractivity contribution is -0.158. The van der Waals surface area contributed by atoms with Gasteiger partial charge in [0, 0.05) is 36.8 Å². The molecule has 0 spiro atoms. The van der Waals surface area contributed by atoms with E-state index in [9.17, 15) is 8.78 Å². The van der Waals surface area contributed by atoms with Crippen LogP contribution in [-0.2, 0) is 0 Å². The number of nitrogens with zero attached hydrogens (tertiary/aromatic N) is 1. The Kier molecular flexibility index (Phi) is 7.37. The highest BCUT2D eigenvalue weighted by Crippen LogP contribution is 2.34. The Morgan fingerprint density at radius 1 is 1.12 bits per heavy atom. The fraction of sp³-hybridized carbons (Fsp3) is 0.667. The van der Waals surface area contributed by atoms with Crippen molar-refractivity contribution in [3.63, 3.8) is 0 Å². The minimum atomic E-state index is -3.15. The van der Waals surface area contributed by atoms with E-state index in [1.165, 1.54) is 25.7 Å². The van der Waals surface area contributed by atoms with E-state index in [1.54, 1.807) is 12.1 Å². The number of ether oxygens (including phenoxy) is 1. The molecule has 1 aromatic carbocycles. The van der Waals surface area contributed by atoms with Gasteiger partial charge in [0.1, 0.15) is 5.75 Å². The first-order valence-electron chi connectivity index (χ1n) is 8.45. The van der Waals surface area contributed by atoms with Crippen molar-refractivity contribution in [2.45, 2.75) is 70.2 Å². The van der Waals surface area contributed by atoms with Crippen molar-refractivity contribution in [2.75, 3.05) is 11.4 Å². The molecule has 144 valence electrons. The molecule has 0 amide bonds. The van der Waals surface area contributed by atoms with Gasteiger partial charge in [0.05, 0.1) is 0 Å². The SMILES string of the molecule is CC1(C)CN(c2ccc(OC(C)(F)F)cc2)[C@H]2CCCC[C@@H]2N1.Cl.Cl. The molecule has 25 heavy (non-hydrogen) atoms. The zero-order chi connectivity index (χ0) is 16.7. The molecular formula is C18H28Cl2F2N2O. The normalized spacial score (nSPS) is 25.2. The Morgan fingerprint density at radius 3 is 2.32 bits per heavy atom. The van der Waals surface area contributed by atoms with E-state index in [-0.39, 0.29) is 36.1 Å². The Balaban J connectivity index is 0.00000156. The van der Waals surface area contributed by atoms with Crippen molar-refractivity contribution in [2.24, 2.45) is 0 Å². The lowest BCUT2D eigenvalue weighted by Crippen LogP contribution is -2.67. The van der Waals surface area contributed by atoms with Crippen LogP contribution in [0.1, 0.15) is 46.5 Å². The second-order valence-corrected chi connectivity index (χ2v) is 7.52. The highest BCUT2D eigenvalue weighted by Gasteiger charge is 2.40. The minimum Gasteiger partial charge on any atom is -0.433 e. The van der Waals surface area contributed by atoms with E-state index in [0.29, 0.717) is 12.1 Å². The predicted octanol–water partition coefficient (Wildman–Crippen LogP) is 5.02. The minimum absolute atomic E-state index is 0. The highest BCUT2D eigenvalue weighted by atomic mass is 35.5. The van der Waals surface area contributed by atoms with Crippen molar-refractivity contribution in [1.82, 2.24) is 5.32 Å². The molecule has 1 aromatic rings. The van der Waals surface area contributed by atoms with Gasteiger partial charge in [-0.1, -0.05) is 12.8 Å². The molecule has 1 saturated carbocycles. The number of benzene rings is 1. The van der Waals surface area contributed by atoms with Crippen LogP contribution in [0.3, 0.4) is 0 Å². The van der Waals surface area contributed by atoms with E-state index in [1.807, 2.05) is 12.1 Å². The van der Waals surface area contributed by atoms with Gasteiger partial charge < -0.3 is 15.0 Å². The van der Waals surface area contributed by atoms with E-state index in [2.05, 4.69) is 28.8 Å². The van der Waals surface area contributed by atoms with Gasteiger partial charge in [-0.15, -0.1) is 24.8 Å². The van der Waals surface area contributed by atoms with Gasteiger partial charge in [-0.05, 0) is 51.0 Å². The number of alkyl halides is 2. The van der Waals surface area contributed by atoms with E-state index in [4.69, 9.17) is 0 Å². The third-order valence-corrected chi connectivity index (χ3v) is 4.74. The summed E-state index contributed by atoms with van der Waals surface area (Å²) in [5.74, 6) is 0.204. The predicted molar refractivity (Wildman–Crippen MR) is 103 cm³/mol. The van der Waals surface area contributed by atoms with Crippen molar-refractivity contribution in [3.05, 3.63) is 24.3 Å². The first-order valence-corrected chi connectivity index (χ1v) is 8.45. The van der Waals surface area contributed by atoms with Crippen LogP contribution in [0.4, 0.5) is 14.5 Å². The topological polar surface area (TPSA) is 24.5 Å². The van der Waals surface area contributed by atoms with Crippen LogP contribution in [0.2, 0.25) is 0 Å². The van der Waals surface area contributed by atoms with E-state index >= 15 is 0 Å². The van der Waals surface area contributed by atoms with Gasteiger partial charge in [-0.2, -0.15) is 8.78 Å². The molecule has 0 bridgehead atoms. The molecule has 0 aromatic heterocycles. The number of hydrogen-bond acceptors (Lipinski definition) is 3. The number of rotatable bonds is 3. The largest absolute Gasteiger partial charge is 0.433 e. The molecule has 2 fully saturated rings. The van der Waals surface area contributed by atoms with Crippen molar-refractivity contribution < 1.29 is 13.5 Å². The quantitative estimate of drug-likeness (QED) is 0.775. The third-order valence-electron chi connectivity index (χ3n) is 4.74. The van der Waals surface area contributed by atoms with Crippen LogP contribution in [0, 0.1) is 0 Å². The second-order valence-electron chi connectivity index (χ2n) is 7.52. The van der Waals surface area contributed by atoms with Crippen molar-refractivity contribution in [3.8, 4) is 5.75 Å². The van der Waals surface area contributed by atoms with Gasteiger partial charge in [-0.25, -0.2) is 0 Å². The Morgan fingerprint density at radius 2 is 1.72 bits per heavy atom. The molecule has 0 unspecified atom stereocenters. The number of anilines is 1. The Labute approximate surface area is 161 Å². The maximum atomic E-state index is 12.9. The van der Waals surface area contributed by atoms with Crippen molar-refractivity contribution >= 4 is 30.5 Å². The summed E-state index contributed by atoms with van der Waals surface area (Å²) in [7, 11) is 0. The summed E-state index contributed by atoms with van der Waals surface area (Å²) in [4.78, 5) is 2.44. The molecule has 1 heterocycles. The molecule has 1 aliphatic carbocycles. The Hall–Kier alpha value is -0.780. The summed E-state index contributed by atoms with van der Waals surface area (Å²) >= 11 is 0. The molecule has 1 aliphatic heterocycles. The average molecular weight is 397 g/mol. The molecule has 1 N–H and O–H groups in total. The van der Waals surface area contributed by atoms with Gasteiger partial charge in [0.2, 0.25) is 0 Å². The number of hydrogen-bond donors (Lipinski definition) is 1. The maximum Gasteiger partial charge on any atom is 0.394 e. The third kappa shape index (κ3) is 5.60. The molecule has 2 atom stereocenters. The van der Waals surface area contributed by atoms with Gasteiger partial charge in [-0.3, -0.25) is 0 Å². The van der Waals surface area contributed by atoms with Gasteiger partial charge in [0.25, 0.3) is 0 Å². The Bertz CT molecular complexity index is 549. The van der Waals surface area contributed by atoms with Crippen molar-refractivity contribution in [1.29, 1.82) is 0 Å². The summed E-state index contributed by atoms with van der Waals surface area (Å²) in [6.45, 7) is 6.12. The second kappa shape index (κ2) is 8.28. The molecule has 0 radical (unpaired) electrons. The summed E-state index contributed by atoms with van der Waals surface area (Å²) in [6.07, 6.45) is 1.76. The van der Waals surface area contributed by atoms with Crippen LogP contribution in [0.25, 0.3) is 0 Å². The fourth-order valence-electron chi connectivity index (χ4n) is 3.94. The average Bonchev–Trinajstić information content (AvgIpc) is 2.44. The highest BCUT2D eigenvalue weighted by molar-refractivity contribution is 5.85. The summed E-state index contributed by atoms with van der Waals surface area (Å²) in [5.41, 5.74) is 1.13. The molecule has 1 saturated heterocycles. The van der Waals surface area contributed by atoms with E-state index in [0.717, 1.165) is 19.2 Å². The number of nitrogens with one attached hydrogen (secondary N) is 1. The monoisotopic (exact) mass is 396 g/mol. The lowest BCUT2D eigenvalue weighted by Gasteiger charge is -2.52. The lowest BCUT2D eigenvalue weighted by atomic mass is 9.83. The molecule has 2 aliphatic rings. The van der Waals surface area contributed by atoms with Gasteiger partial charge in [0.15, 0.2) is 0 Å². The fourth-order valence-corrected chi connectivity index (χ4v) is 3.94. The molecular weight excluding hydrogens is 369 g/mol. The standard InChI is InChI=1S/C18H26F2N2O.2ClH/c1-17(2)12-22(16-7-5-4-6-15(16)21-17)13-8-10-14(11-9-13)23-18(3,19)20;;/h8-11,15-16,21H,4-7,12H2,1-3H3;2*1H/t15-,16-;;/m0../s1. The summed E-state index contributed by atoms with van der Waals surface area (Å²) in [6, 6.07) is 8.06. The van der Waals surface area contributed by atoms with Crippen LogP contribution in [0.5, 0.6) is 5.75 Å². The van der Waals surface area contributed by atoms with Crippen LogP contribution in [-0.4, -0.2) is 30.3 Å². The zero-order valence-electron chi connectivity index (χ0n) is 14.9.